The summed E-state index contributed by atoms with van der Waals surface area (Å²) >= 11 is 7.64. The van der Waals surface area contributed by atoms with Gasteiger partial charge in [-0.15, -0.1) is 11.3 Å². The van der Waals surface area contributed by atoms with Crippen molar-refractivity contribution < 1.29 is 5.11 Å². The molecule has 3 N–H and O–H groups in total. The van der Waals surface area contributed by atoms with Crippen LogP contribution in [-0.2, 0) is 13.1 Å². The van der Waals surface area contributed by atoms with E-state index in [-0.39, 0.29) is 0 Å². The number of nitrogens with one attached hydrogen (secondary N) is 2. The van der Waals surface area contributed by atoms with Crippen LogP contribution in [0, 0.1) is 0 Å². The van der Waals surface area contributed by atoms with E-state index in [2.05, 4.69) is 32.7 Å². The normalized spacial score (nSPS) is 12.0. The molecule has 0 spiro atoms. The first kappa shape index (κ1) is 21.5. The van der Waals surface area contributed by atoms with Crippen molar-refractivity contribution in [3.05, 3.63) is 94.0 Å². The average Bonchev–Trinajstić information content (AvgIpc) is 3.25. The van der Waals surface area contributed by atoms with Crippen LogP contribution in [0.4, 0.5) is 11.6 Å². The van der Waals surface area contributed by atoms with E-state index in [0.29, 0.717) is 5.95 Å². The first-order valence-electron chi connectivity index (χ1n) is 9.99. The van der Waals surface area contributed by atoms with Crippen molar-refractivity contribution in [1.29, 1.82) is 0 Å². The van der Waals surface area contributed by atoms with E-state index in [4.69, 9.17) is 11.6 Å². The second-order valence-electron chi connectivity index (χ2n) is 7.19. The topological polar surface area (TPSA) is 70.1 Å². The lowest BCUT2D eigenvalue weighted by molar-refractivity contribution is 0.199. The van der Waals surface area contributed by atoms with Crippen LogP contribution in [-0.4, -0.2) is 15.1 Å². The number of hydrogen-bond donors (Lipinski definition) is 3. The number of hydrogen-bond acceptors (Lipinski definition) is 6. The summed E-state index contributed by atoms with van der Waals surface area (Å²) in [6.45, 7) is 3.32. The minimum atomic E-state index is -0.521. The molecule has 0 amide bonds. The van der Waals surface area contributed by atoms with Gasteiger partial charge in [-0.2, -0.15) is 0 Å². The molecule has 2 aromatic heterocycles. The molecular formula is C24H23ClN4OS. The Bertz CT molecular complexity index is 1140. The Kier molecular flexibility index (Phi) is 6.94. The zero-order valence-electron chi connectivity index (χ0n) is 17.0. The van der Waals surface area contributed by atoms with Gasteiger partial charge in [0.2, 0.25) is 5.95 Å². The molecule has 0 bridgehead atoms. The smallest absolute Gasteiger partial charge is 0.227 e. The molecular weight excluding hydrogens is 428 g/mol. The van der Waals surface area contributed by atoms with E-state index in [1.807, 2.05) is 54.6 Å². The number of thiophene rings is 1. The van der Waals surface area contributed by atoms with Crippen molar-refractivity contribution in [2.75, 3.05) is 5.32 Å². The molecule has 0 aliphatic carbocycles. The Morgan fingerprint density at radius 2 is 1.87 bits per heavy atom. The fourth-order valence-corrected chi connectivity index (χ4v) is 4.18. The van der Waals surface area contributed by atoms with E-state index in [1.54, 1.807) is 24.5 Å². The average molecular weight is 451 g/mol. The highest BCUT2D eigenvalue weighted by Gasteiger charge is 2.08. The fraction of sp³-hybridized carbons (Fsp3) is 0.167. The quantitative estimate of drug-likeness (QED) is 0.309. The molecule has 2 heterocycles. The fourth-order valence-electron chi connectivity index (χ4n) is 3.10. The third-order valence-corrected chi connectivity index (χ3v) is 6.10. The van der Waals surface area contributed by atoms with Crippen molar-refractivity contribution in [1.82, 2.24) is 15.3 Å². The Labute approximate surface area is 190 Å². The maximum atomic E-state index is 9.78. The monoisotopic (exact) mass is 450 g/mol. The van der Waals surface area contributed by atoms with Gasteiger partial charge in [-0.3, -0.25) is 0 Å². The lowest BCUT2D eigenvalue weighted by Gasteiger charge is -2.09. The van der Waals surface area contributed by atoms with Crippen LogP contribution in [0.5, 0.6) is 0 Å². The third-order valence-electron chi connectivity index (χ3n) is 4.74. The highest BCUT2D eigenvalue weighted by Crippen LogP contribution is 2.28. The number of aliphatic hydroxyl groups excluding tert-OH is 1. The molecule has 4 rings (SSSR count). The summed E-state index contributed by atoms with van der Waals surface area (Å²) < 4.78 is 0. The highest BCUT2D eigenvalue weighted by molar-refractivity contribution is 7.15. The predicted octanol–water partition coefficient (Wildman–Crippen LogP) is 5.95. The first-order valence-corrected chi connectivity index (χ1v) is 11.2. The number of anilines is 2. The summed E-state index contributed by atoms with van der Waals surface area (Å²) in [5, 5.41) is 17.2. The number of halogens is 1. The lowest BCUT2D eigenvalue weighted by Crippen LogP contribution is -2.11. The Balaban J connectivity index is 1.39. The van der Waals surface area contributed by atoms with Gasteiger partial charge in [0.25, 0.3) is 0 Å². The SMILES string of the molecule is CC(O)c1cccc(Nc2nccc(-c3ccc(CNCc4ccc(Cl)cc4)s3)n2)c1. The Morgan fingerprint density at radius 1 is 1.03 bits per heavy atom. The second kappa shape index (κ2) is 10.0. The number of aliphatic hydroxyl groups is 1. The number of benzene rings is 2. The summed E-state index contributed by atoms with van der Waals surface area (Å²) in [4.78, 5) is 11.3. The van der Waals surface area contributed by atoms with Crippen molar-refractivity contribution in [3.63, 3.8) is 0 Å². The second-order valence-corrected chi connectivity index (χ2v) is 8.79. The molecule has 4 aromatic rings. The molecule has 0 saturated carbocycles. The van der Waals surface area contributed by atoms with Gasteiger partial charge in [0.1, 0.15) is 0 Å². The minimum Gasteiger partial charge on any atom is -0.389 e. The zero-order valence-corrected chi connectivity index (χ0v) is 18.6. The zero-order chi connectivity index (χ0) is 21.6. The van der Waals surface area contributed by atoms with Crippen molar-refractivity contribution in [2.24, 2.45) is 0 Å². The standard InChI is InChI=1S/C24H23ClN4OS/c1-16(30)18-3-2-4-20(13-18)28-24-27-12-11-22(29-24)23-10-9-21(31-23)15-26-14-17-5-7-19(25)8-6-17/h2-13,16,26,30H,14-15H2,1H3,(H,27,28,29). The van der Waals surface area contributed by atoms with Crippen LogP contribution >= 0.6 is 22.9 Å². The van der Waals surface area contributed by atoms with Crippen LogP contribution in [0.25, 0.3) is 10.6 Å². The van der Waals surface area contributed by atoms with Gasteiger partial charge in [-0.25, -0.2) is 9.97 Å². The third kappa shape index (κ3) is 5.89. The van der Waals surface area contributed by atoms with E-state index in [0.717, 1.165) is 39.9 Å². The summed E-state index contributed by atoms with van der Waals surface area (Å²) in [6.07, 6.45) is 1.23. The van der Waals surface area contributed by atoms with Crippen LogP contribution in [0.15, 0.2) is 72.9 Å². The molecule has 0 saturated heterocycles. The van der Waals surface area contributed by atoms with E-state index >= 15 is 0 Å². The molecule has 31 heavy (non-hydrogen) atoms. The minimum absolute atomic E-state index is 0.521. The number of rotatable bonds is 8. The van der Waals surface area contributed by atoms with Crippen LogP contribution in [0.3, 0.4) is 0 Å². The Morgan fingerprint density at radius 3 is 2.68 bits per heavy atom. The molecule has 158 valence electrons. The molecule has 2 aromatic carbocycles. The van der Waals surface area contributed by atoms with Gasteiger partial charge >= 0.3 is 0 Å². The molecule has 5 nitrogen and oxygen atoms in total. The molecule has 0 aliphatic rings. The number of nitrogens with zero attached hydrogens (tertiary/aromatic N) is 2. The largest absolute Gasteiger partial charge is 0.389 e. The molecule has 0 aliphatic heterocycles. The maximum absolute atomic E-state index is 9.78. The maximum Gasteiger partial charge on any atom is 0.227 e. The van der Waals surface area contributed by atoms with Gasteiger partial charge in [0, 0.05) is 34.9 Å². The molecule has 0 fully saturated rings. The number of aromatic nitrogens is 2. The highest BCUT2D eigenvalue weighted by atomic mass is 35.5. The predicted molar refractivity (Wildman–Crippen MR) is 128 cm³/mol. The molecule has 0 radical (unpaired) electrons. The van der Waals surface area contributed by atoms with E-state index in [9.17, 15) is 5.11 Å². The van der Waals surface area contributed by atoms with Crippen LogP contribution < -0.4 is 10.6 Å². The molecule has 7 heteroatoms. The van der Waals surface area contributed by atoms with Gasteiger partial charge in [0.15, 0.2) is 0 Å². The van der Waals surface area contributed by atoms with E-state index < -0.39 is 6.10 Å². The van der Waals surface area contributed by atoms with Crippen molar-refractivity contribution in [3.8, 4) is 10.6 Å². The van der Waals surface area contributed by atoms with Crippen LogP contribution in [0.2, 0.25) is 5.02 Å². The summed E-state index contributed by atoms with van der Waals surface area (Å²) in [7, 11) is 0. The lowest BCUT2D eigenvalue weighted by atomic mass is 10.1. The van der Waals surface area contributed by atoms with Gasteiger partial charge in [-0.05, 0) is 60.5 Å². The van der Waals surface area contributed by atoms with Crippen molar-refractivity contribution >= 4 is 34.6 Å². The van der Waals surface area contributed by atoms with Gasteiger partial charge < -0.3 is 15.7 Å². The van der Waals surface area contributed by atoms with Gasteiger partial charge in [0.05, 0.1) is 16.7 Å². The first-order chi connectivity index (χ1) is 15.1. The van der Waals surface area contributed by atoms with E-state index in [1.165, 1.54) is 10.4 Å². The van der Waals surface area contributed by atoms with Gasteiger partial charge in [-0.1, -0.05) is 35.9 Å². The molecule has 1 atom stereocenters. The summed E-state index contributed by atoms with van der Waals surface area (Å²) in [6, 6.07) is 21.6. The Hall–Kier alpha value is -2.77. The molecule has 1 unspecified atom stereocenters. The van der Waals surface area contributed by atoms with Crippen molar-refractivity contribution in [2.45, 2.75) is 26.1 Å². The van der Waals surface area contributed by atoms with Crippen LogP contribution in [0.1, 0.15) is 29.0 Å². The summed E-state index contributed by atoms with van der Waals surface area (Å²) in [5.41, 5.74) is 3.76. The summed E-state index contributed by atoms with van der Waals surface area (Å²) in [5.74, 6) is 0.524.